The van der Waals surface area contributed by atoms with Gasteiger partial charge in [0.2, 0.25) is 5.91 Å². The average molecular weight is 382 g/mol. The van der Waals surface area contributed by atoms with Gasteiger partial charge in [0.25, 0.3) is 5.91 Å². The van der Waals surface area contributed by atoms with Gasteiger partial charge < -0.3 is 14.8 Å². The summed E-state index contributed by atoms with van der Waals surface area (Å²) >= 11 is 0. The normalized spacial score (nSPS) is 15.5. The minimum Gasteiger partial charge on any atom is -0.493 e. The van der Waals surface area contributed by atoms with Crippen LogP contribution in [0.3, 0.4) is 0 Å². The molecule has 6 heteroatoms. The van der Waals surface area contributed by atoms with E-state index in [1.807, 2.05) is 18.2 Å². The molecule has 3 rings (SSSR count). The lowest BCUT2D eigenvalue weighted by molar-refractivity contribution is -0.122. The molecule has 1 aliphatic heterocycles. The fraction of sp³-hybridized carbons (Fsp3) is 0.364. The molecule has 2 aromatic rings. The largest absolute Gasteiger partial charge is 0.493 e. The van der Waals surface area contributed by atoms with E-state index in [1.54, 1.807) is 31.4 Å². The number of nitrogens with zero attached hydrogens (tertiary/aromatic N) is 1. The molecule has 6 nitrogen and oxygen atoms in total. The quantitative estimate of drug-likeness (QED) is 0.795. The highest BCUT2D eigenvalue weighted by Gasteiger charge is 2.42. The Kier molecular flexibility index (Phi) is 5.87. The SMILES string of the molecule is COc1ccc(N2C(=O)c3ccccc3[C@H]2C(=O)NCCC(C)C)cc1OC. The van der Waals surface area contributed by atoms with Crippen molar-refractivity contribution in [3.8, 4) is 11.5 Å². The van der Waals surface area contributed by atoms with Crippen molar-refractivity contribution in [3.63, 3.8) is 0 Å². The molecule has 0 radical (unpaired) electrons. The van der Waals surface area contributed by atoms with Gasteiger partial charge in [0.05, 0.1) is 14.2 Å². The lowest BCUT2D eigenvalue weighted by Crippen LogP contribution is -2.39. The predicted molar refractivity (Wildman–Crippen MR) is 108 cm³/mol. The predicted octanol–water partition coefficient (Wildman–Crippen LogP) is 3.57. The number of methoxy groups -OCH3 is 2. The van der Waals surface area contributed by atoms with Crippen molar-refractivity contribution in [2.75, 3.05) is 25.7 Å². The second-order valence-electron chi connectivity index (χ2n) is 7.18. The smallest absolute Gasteiger partial charge is 0.259 e. The summed E-state index contributed by atoms with van der Waals surface area (Å²) in [6.45, 7) is 4.79. The first kappa shape index (κ1) is 19.7. The van der Waals surface area contributed by atoms with Crippen LogP contribution in [0.15, 0.2) is 42.5 Å². The molecule has 28 heavy (non-hydrogen) atoms. The molecule has 0 saturated heterocycles. The van der Waals surface area contributed by atoms with Gasteiger partial charge in [-0.25, -0.2) is 0 Å². The standard InChI is InChI=1S/C22H26N2O4/c1-14(2)11-12-23-21(25)20-16-7-5-6-8-17(16)22(26)24(20)15-9-10-18(27-3)19(13-15)28-4/h5-10,13-14,20H,11-12H2,1-4H3,(H,23,25)/t20-/m0/s1. The first-order chi connectivity index (χ1) is 13.5. The number of anilines is 1. The second-order valence-corrected chi connectivity index (χ2v) is 7.18. The number of hydrogen-bond donors (Lipinski definition) is 1. The summed E-state index contributed by atoms with van der Waals surface area (Å²) in [6, 6.07) is 11.7. The zero-order chi connectivity index (χ0) is 20.3. The van der Waals surface area contributed by atoms with Crippen LogP contribution in [0.1, 0.15) is 42.2 Å². The molecular formula is C22H26N2O4. The molecule has 148 valence electrons. The second kappa shape index (κ2) is 8.33. The van der Waals surface area contributed by atoms with Crippen molar-refractivity contribution in [3.05, 3.63) is 53.6 Å². The number of hydrogen-bond acceptors (Lipinski definition) is 4. The van der Waals surface area contributed by atoms with Gasteiger partial charge in [-0.1, -0.05) is 32.0 Å². The van der Waals surface area contributed by atoms with Crippen molar-refractivity contribution in [1.29, 1.82) is 0 Å². The summed E-state index contributed by atoms with van der Waals surface area (Å²) in [7, 11) is 3.09. The number of benzene rings is 2. The number of fused-ring (bicyclic) bond motifs is 1. The number of rotatable bonds is 7. The van der Waals surface area contributed by atoms with Gasteiger partial charge in [-0.15, -0.1) is 0 Å². The molecule has 0 saturated carbocycles. The van der Waals surface area contributed by atoms with Crippen molar-refractivity contribution in [2.24, 2.45) is 5.92 Å². The molecular weight excluding hydrogens is 356 g/mol. The third-order valence-electron chi connectivity index (χ3n) is 4.88. The molecule has 1 atom stereocenters. The highest BCUT2D eigenvalue weighted by molar-refractivity contribution is 6.15. The number of amides is 2. The Hall–Kier alpha value is -3.02. The summed E-state index contributed by atoms with van der Waals surface area (Å²) in [5.74, 6) is 1.16. The average Bonchev–Trinajstić information content (AvgIpc) is 3.00. The summed E-state index contributed by atoms with van der Waals surface area (Å²) in [5.41, 5.74) is 1.84. The van der Waals surface area contributed by atoms with Crippen LogP contribution in [0.2, 0.25) is 0 Å². The first-order valence-corrected chi connectivity index (χ1v) is 9.40. The molecule has 1 N–H and O–H groups in total. The highest BCUT2D eigenvalue weighted by atomic mass is 16.5. The molecule has 0 fully saturated rings. The van der Waals surface area contributed by atoms with Crippen LogP contribution in [-0.2, 0) is 4.79 Å². The molecule has 1 aliphatic rings. The van der Waals surface area contributed by atoms with Crippen LogP contribution in [0.25, 0.3) is 0 Å². The zero-order valence-corrected chi connectivity index (χ0v) is 16.7. The maximum atomic E-state index is 13.1. The minimum absolute atomic E-state index is 0.186. The van der Waals surface area contributed by atoms with E-state index >= 15 is 0 Å². The Morgan fingerprint density at radius 1 is 1.11 bits per heavy atom. The monoisotopic (exact) mass is 382 g/mol. The van der Waals surface area contributed by atoms with E-state index in [9.17, 15) is 9.59 Å². The van der Waals surface area contributed by atoms with Crippen LogP contribution in [0, 0.1) is 5.92 Å². The van der Waals surface area contributed by atoms with Crippen LogP contribution < -0.4 is 19.7 Å². The number of ether oxygens (including phenoxy) is 2. The van der Waals surface area contributed by atoms with Crippen molar-refractivity contribution < 1.29 is 19.1 Å². The summed E-state index contributed by atoms with van der Waals surface area (Å²) < 4.78 is 10.7. The third-order valence-corrected chi connectivity index (χ3v) is 4.88. The topological polar surface area (TPSA) is 67.9 Å². The number of carbonyl (C=O) groups is 2. The molecule has 2 aromatic carbocycles. The van der Waals surface area contributed by atoms with E-state index in [1.165, 1.54) is 12.0 Å². The fourth-order valence-electron chi connectivity index (χ4n) is 3.40. The Morgan fingerprint density at radius 2 is 1.82 bits per heavy atom. The molecule has 0 aliphatic carbocycles. The lowest BCUT2D eigenvalue weighted by atomic mass is 10.0. The molecule has 2 amide bonds. The van der Waals surface area contributed by atoms with E-state index < -0.39 is 6.04 Å². The van der Waals surface area contributed by atoms with Crippen LogP contribution in [0.4, 0.5) is 5.69 Å². The minimum atomic E-state index is -0.714. The Balaban J connectivity index is 1.98. The molecule has 0 aromatic heterocycles. The molecule has 0 bridgehead atoms. The van der Waals surface area contributed by atoms with Gasteiger partial charge in [0.15, 0.2) is 11.5 Å². The number of carbonyl (C=O) groups excluding carboxylic acids is 2. The van der Waals surface area contributed by atoms with Crippen LogP contribution in [0.5, 0.6) is 11.5 Å². The van der Waals surface area contributed by atoms with Gasteiger partial charge in [0.1, 0.15) is 6.04 Å². The summed E-state index contributed by atoms with van der Waals surface area (Å²) in [6.07, 6.45) is 0.879. The van der Waals surface area contributed by atoms with Gasteiger partial charge in [-0.2, -0.15) is 0 Å². The molecule has 1 heterocycles. The first-order valence-electron chi connectivity index (χ1n) is 9.40. The van der Waals surface area contributed by atoms with E-state index in [4.69, 9.17) is 9.47 Å². The maximum absolute atomic E-state index is 13.1. The maximum Gasteiger partial charge on any atom is 0.259 e. The Labute approximate surface area is 165 Å². The van der Waals surface area contributed by atoms with E-state index in [2.05, 4.69) is 19.2 Å². The van der Waals surface area contributed by atoms with Gasteiger partial charge in [-0.05, 0) is 36.1 Å². The van der Waals surface area contributed by atoms with E-state index in [-0.39, 0.29) is 11.8 Å². The summed E-state index contributed by atoms with van der Waals surface area (Å²) in [5, 5.41) is 2.98. The van der Waals surface area contributed by atoms with E-state index in [0.717, 1.165) is 6.42 Å². The van der Waals surface area contributed by atoms with Gasteiger partial charge in [-0.3, -0.25) is 14.5 Å². The Morgan fingerprint density at radius 3 is 2.50 bits per heavy atom. The van der Waals surface area contributed by atoms with Gasteiger partial charge >= 0.3 is 0 Å². The lowest BCUT2D eigenvalue weighted by Gasteiger charge is -2.25. The number of nitrogens with one attached hydrogen (secondary N) is 1. The van der Waals surface area contributed by atoms with Crippen LogP contribution in [-0.4, -0.2) is 32.6 Å². The Bertz CT molecular complexity index is 879. The molecule has 0 unspecified atom stereocenters. The van der Waals surface area contributed by atoms with E-state index in [0.29, 0.717) is 40.8 Å². The van der Waals surface area contributed by atoms with Crippen LogP contribution >= 0.6 is 0 Å². The van der Waals surface area contributed by atoms with Crippen molar-refractivity contribution in [1.82, 2.24) is 5.32 Å². The van der Waals surface area contributed by atoms with Gasteiger partial charge in [0, 0.05) is 23.9 Å². The van der Waals surface area contributed by atoms with Crippen molar-refractivity contribution in [2.45, 2.75) is 26.3 Å². The zero-order valence-electron chi connectivity index (χ0n) is 16.7. The molecule has 0 spiro atoms. The fourth-order valence-corrected chi connectivity index (χ4v) is 3.40. The third kappa shape index (κ3) is 3.67. The van der Waals surface area contributed by atoms with Crippen molar-refractivity contribution >= 4 is 17.5 Å². The summed E-state index contributed by atoms with van der Waals surface area (Å²) in [4.78, 5) is 27.7. The highest BCUT2D eigenvalue weighted by Crippen LogP contribution is 2.40.